The third kappa shape index (κ3) is 5.75. The molecule has 1 fully saturated rings. The van der Waals surface area contributed by atoms with Gasteiger partial charge in [0, 0.05) is 66.4 Å². The quantitative estimate of drug-likeness (QED) is 0.471. The SMILES string of the molecule is O=C(Nc1ccc(OC(F)(F)Cl)cc1)c1cnc(N2CC[C@H](CO)C2)c(-c2cncc(F)c2)c1. The number of alkyl halides is 3. The number of rotatable bonds is 7. The number of carbonyl (C=O) groups excluding carboxylic acids is 1. The minimum atomic E-state index is -3.84. The van der Waals surface area contributed by atoms with Gasteiger partial charge in [0.15, 0.2) is 0 Å². The number of amides is 1. The van der Waals surface area contributed by atoms with E-state index in [-0.39, 0.29) is 23.8 Å². The predicted molar refractivity (Wildman–Crippen MR) is 121 cm³/mol. The molecule has 3 aromatic rings. The highest BCUT2D eigenvalue weighted by Gasteiger charge is 2.28. The van der Waals surface area contributed by atoms with Gasteiger partial charge in [0.2, 0.25) is 0 Å². The molecule has 1 aliphatic heterocycles. The molecule has 0 aliphatic carbocycles. The molecule has 34 heavy (non-hydrogen) atoms. The zero-order chi connectivity index (χ0) is 24.3. The van der Waals surface area contributed by atoms with Crippen molar-refractivity contribution in [1.82, 2.24) is 9.97 Å². The van der Waals surface area contributed by atoms with Crippen LogP contribution in [0.4, 0.5) is 24.7 Å². The average molecular weight is 493 g/mol. The maximum absolute atomic E-state index is 13.9. The van der Waals surface area contributed by atoms with Crippen molar-refractivity contribution in [2.75, 3.05) is 29.9 Å². The minimum absolute atomic E-state index is 0.0558. The Hall–Kier alpha value is -3.37. The molecule has 4 rings (SSSR count). The largest absolute Gasteiger partial charge is 0.487 e. The Bertz CT molecular complexity index is 1170. The standard InChI is InChI=1S/C23H20ClF3N4O3/c24-23(26,27)34-19-3-1-18(2-4-19)30-22(33)16-8-20(15-7-17(25)11-28-9-15)21(29-10-16)31-6-5-14(12-31)13-32/h1-4,7-11,14,32H,5-6,12-13H2,(H,30,33)/t14-/m0/s1. The number of pyridine rings is 2. The number of benzene rings is 1. The fourth-order valence-corrected chi connectivity index (χ4v) is 3.81. The first-order valence-electron chi connectivity index (χ1n) is 10.4. The van der Waals surface area contributed by atoms with Crippen LogP contribution in [-0.2, 0) is 0 Å². The number of hydrogen-bond acceptors (Lipinski definition) is 6. The van der Waals surface area contributed by atoms with Crippen molar-refractivity contribution in [2.45, 2.75) is 12.0 Å². The van der Waals surface area contributed by atoms with Gasteiger partial charge in [-0.25, -0.2) is 9.37 Å². The predicted octanol–water partition coefficient (Wildman–Crippen LogP) is 4.52. The summed E-state index contributed by atoms with van der Waals surface area (Å²) in [5.74, 6) is -0.539. The summed E-state index contributed by atoms with van der Waals surface area (Å²) >= 11 is 4.75. The lowest BCUT2D eigenvalue weighted by atomic mass is 10.1. The Morgan fingerprint density at radius 3 is 2.65 bits per heavy atom. The molecule has 11 heteroatoms. The second kappa shape index (κ2) is 9.86. The number of nitrogens with one attached hydrogen (secondary N) is 1. The maximum Gasteiger partial charge on any atom is 0.487 e. The van der Waals surface area contributed by atoms with Crippen molar-refractivity contribution in [2.24, 2.45) is 5.92 Å². The van der Waals surface area contributed by atoms with E-state index in [4.69, 9.17) is 11.6 Å². The van der Waals surface area contributed by atoms with Crippen molar-refractivity contribution >= 4 is 29.0 Å². The Balaban J connectivity index is 1.59. The van der Waals surface area contributed by atoms with Crippen LogP contribution in [0.5, 0.6) is 5.75 Å². The van der Waals surface area contributed by atoms with E-state index >= 15 is 0 Å². The van der Waals surface area contributed by atoms with E-state index in [0.717, 1.165) is 12.6 Å². The van der Waals surface area contributed by atoms with Gasteiger partial charge in [-0.2, -0.15) is 0 Å². The van der Waals surface area contributed by atoms with Gasteiger partial charge in [-0.15, -0.1) is 8.78 Å². The summed E-state index contributed by atoms with van der Waals surface area (Å²) < 4.78 is 43.6. The van der Waals surface area contributed by atoms with E-state index in [1.807, 2.05) is 4.90 Å². The van der Waals surface area contributed by atoms with E-state index in [0.29, 0.717) is 35.7 Å². The number of aromatic nitrogens is 2. The second-order valence-electron chi connectivity index (χ2n) is 7.80. The number of anilines is 2. The number of hydrogen-bond donors (Lipinski definition) is 2. The molecule has 178 valence electrons. The smallest absolute Gasteiger partial charge is 0.420 e. The molecule has 1 aliphatic rings. The molecule has 1 amide bonds. The summed E-state index contributed by atoms with van der Waals surface area (Å²) in [5.41, 5.74) is -2.33. The zero-order valence-corrected chi connectivity index (χ0v) is 18.5. The summed E-state index contributed by atoms with van der Waals surface area (Å²) in [6, 6.07) is 8.14. The first-order valence-corrected chi connectivity index (χ1v) is 10.7. The minimum Gasteiger partial charge on any atom is -0.420 e. The van der Waals surface area contributed by atoms with E-state index < -0.39 is 17.3 Å². The van der Waals surface area contributed by atoms with Crippen LogP contribution >= 0.6 is 11.6 Å². The van der Waals surface area contributed by atoms with Gasteiger partial charge in [-0.1, -0.05) is 0 Å². The van der Waals surface area contributed by atoms with E-state index in [2.05, 4.69) is 20.0 Å². The highest BCUT2D eigenvalue weighted by atomic mass is 35.5. The molecule has 7 nitrogen and oxygen atoms in total. The van der Waals surface area contributed by atoms with Gasteiger partial charge in [-0.05, 0) is 42.8 Å². The zero-order valence-electron chi connectivity index (χ0n) is 17.7. The maximum atomic E-state index is 13.9. The molecule has 0 bridgehead atoms. The molecule has 1 saturated heterocycles. The lowest BCUT2D eigenvalue weighted by molar-refractivity contribution is -0.0964. The number of ether oxygens (including phenoxy) is 1. The van der Waals surface area contributed by atoms with Crippen molar-refractivity contribution in [3.05, 3.63) is 66.4 Å². The summed E-state index contributed by atoms with van der Waals surface area (Å²) in [6.45, 7) is 1.30. The Labute approximate surface area is 198 Å². The Morgan fingerprint density at radius 1 is 1.24 bits per heavy atom. The number of aliphatic hydroxyl groups excluding tert-OH is 1. The van der Waals surface area contributed by atoms with E-state index in [9.17, 15) is 23.1 Å². The Kier molecular flexibility index (Phi) is 6.90. The van der Waals surface area contributed by atoms with Crippen LogP contribution in [0.1, 0.15) is 16.8 Å². The van der Waals surface area contributed by atoms with Gasteiger partial charge in [-0.3, -0.25) is 9.78 Å². The van der Waals surface area contributed by atoms with Gasteiger partial charge in [0.1, 0.15) is 17.4 Å². The summed E-state index contributed by atoms with van der Waals surface area (Å²) in [5, 5.41) is 12.1. The van der Waals surface area contributed by atoms with Crippen molar-refractivity contribution < 1.29 is 27.8 Å². The van der Waals surface area contributed by atoms with Crippen LogP contribution < -0.4 is 15.0 Å². The first-order chi connectivity index (χ1) is 16.2. The van der Waals surface area contributed by atoms with Crippen LogP contribution in [0.2, 0.25) is 0 Å². The summed E-state index contributed by atoms with van der Waals surface area (Å²) in [4.78, 5) is 23.2. The topological polar surface area (TPSA) is 87.6 Å². The molecular weight excluding hydrogens is 473 g/mol. The lowest BCUT2D eigenvalue weighted by Crippen LogP contribution is -2.23. The first kappa shape index (κ1) is 23.8. The van der Waals surface area contributed by atoms with Gasteiger partial charge in [0.25, 0.3) is 5.91 Å². The number of aliphatic hydroxyl groups is 1. The van der Waals surface area contributed by atoms with Crippen molar-refractivity contribution in [1.29, 1.82) is 0 Å². The molecule has 0 unspecified atom stereocenters. The van der Waals surface area contributed by atoms with Crippen LogP contribution in [0, 0.1) is 11.7 Å². The molecule has 0 radical (unpaired) electrons. The Morgan fingerprint density at radius 2 is 2.00 bits per heavy atom. The van der Waals surface area contributed by atoms with E-state index in [1.165, 1.54) is 42.7 Å². The monoisotopic (exact) mass is 492 g/mol. The number of halogens is 4. The van der Waals surface area contributed by atoms with Crippen LogP contribution in [-0.4, -0.2) is 46.2 Å². The third-order valence-corrected chi connectivity index (χ3v) is 5.41. The summed E-state index contributed by atoms with van der Waals surface area (Å²) in [6.07, 6.45) is 4.75. The van der Waals surface area contributed by atoms with Gasteiger partial charge in [0.05, 0.1) is 11.8 Å². The van der Waals surface area contributed by atoms with Gasteiger partial charge >= 0.3 is 5.57 Å². The molecule has 3 heterocycles. The highest BCUT2D eigenvalue weighted by molar-refractivity contribution is 6.20. The normalized spacial score (nSPS) is 15.9. The fraction of sp³-hybridized carbons (Fsp3) is 0.261. The molecule has 0 spiro atoms. The molecule has 1 aromatic carbocycles. The lowest BCUT2D eigenvalue weighted by Gasteiger charge is -2.21. The van der Waals surface area contributed by atoms with Gasteiger partial charge < -0.3 is 20.1 Å². The van der Waals surface area contributed by atoms with Crippen molar-refractivity contribution in [3.63, 3.8) is 0 Å². The second-order valence-corrected chi connectivity index (χ2v) is 8.24. The fourth-order valence-electron chi connectivity index (χ4n) is 3.72. The number of nitrogens with zero attached hydrogens (tertiary/aromatic N) is 3. The van der Waals surface area contributed by atoms with E-state index in [1.54, 1.807) is 6.07 Å². The highest BCUT2D eigenvalue weighted by Crippen LogP contribution is 2.33. The van der Waals surface area contributed by atoms with Crippen LogP contribution in [0.25, 0.3) is 11.1 Å². The molecular formula is C23H20ClF3N4O3. The number of carbonyl (C=O) groups is 1. The van der Waals surface area contributed by atoms with Crippen LogP contribution in [0.3, 0.4) is 0 Å². The molecule has 2 N–H and O–H groups in total. The molecule has 0 saturated carbocycles. The summed E-state index contributed by atoms with van der Waals surface area (Å²) in [7, 11) is 0. The average Bonchev–Trinajstić information content (AvgIpc) is 3.28. The third-order valence-electron chi connectivity index (χ3n) is 5.33. The van der Waals surface area contributed by atoms with Crippen LogP contribution in [0.15, 0.2) is 55.0 Å². The molecule has 2 aromatic heterocycles. The van der Waals surface area contributed by atoms with Crippen molar-refractivity contribution in [3.8, 4) is 16.9 Å². The molecule has 1 atom stereocenters.